The molecule has 2 aliphatic rings. The van der Waals surface area contributed by atoms with Gasteiger partial charge in [-0.05, 0) is 29.3 Å². The number of rotatable bonds is 4. The van der Waals surface area contributed by atoms with Crippen LogP contribution in [0, 0.1) is 0 Å². The number of hydrogen-bond acceptors (Lipinski definition) is 5. The van der Waals surface area contributed by atoms with Crippen molar-refractivity contribution in [3.63, 3.8) is 0 Å². The Kier molecular flexibility index (Phi) is 4.35. The third kappa shape index (κ3) is 2.88. The molecule has 0 radical (unpaired) electrons. The lowest BCUT2D eigenvalue weighted by Gasteiger charge is -2.30. The number of thiophene rings is 1. The minimum absolute atomic E-state index is 0.0322. The Labute approximate surface area is 123 Å². The van der Waals surface area contributed by atoms with Gasteiger partial charge < -0.3 is 9.64 Å². The molecule has 1 aromatic rings. The van der Waals surface area contributed by atoms with Gasteiger partial charge in [-0.25, -0.2) is 0 Å². The molecule has 0 aromatic carbocycles. The Morgan fingerprint density at radius 2 is 2.20 bits per heavy atom. The van der Waals surface area contributed by atoms with Crippen LogP contribution in [0.5, 0.6) is 0 Å². The summed E-state index contributed by atoms with van der Waals surface area (Å²) in [6.45, 7) is 7.17. The van der Waals surface area contributed by atoms with Gasteiger partial charge in [-0.2, -0.15) is 11.3 Å². The van der Waals surface area contributed by atoms with E-state index in [1.807, 2.05) is 11.8 Å². The quantitative estimate of drug-likeness (QED) is 0.896. The predicted octanol–water partition coefficient (Wildman–Crippen LogP) is 0.899. The molecule has 0 aliphatic carbocycles. The van der Waals surface area contributed by atoms with E-state index in [9.17, 15) is 4.79 Å². The standard InChI is InChI=1S/C14H21N3O2S/c1-11-14(18)17(4-3-16-5-7-19-8-6-16)13(15-11)12-2-9-20-10-12/h2,9-11,13,15H,3-8H2,1H3. The second-order valence-corrected chi connectivity index (χ2v) is 6.11. The van der Waals surface area contributed by atoms with Crippen molar-refractivity contribution in [2.75, 3.05) is 39.4 Å². The highest BCUT2D eigenvalue weighted by Gasteiger charge is 2.37. The van der Waals surface area contributed by atoms with E-state index in [2.05, 4.69) is 27.0 Å². The van der Waals surface area contributed by atoms with Crippen molar-refractivity contribution in [1.29, 1.82) is 0 Å². The van der Waals surface area contributed by atoms with Crippen molar-refractivity contribution >= 4 is 17.2 Å². The third-order valence-corrected chi connectivity index (χ3v) is 4.69. The summed E-state index contributed by atoms with van der Waals surface area (Å²) in [4.78, 5) is 16.6. The summed E-state index contributed by atoms with van der Waals surface area (Å²) in [5.74, 6) is 0.203. The Balaban J connectivity index is 1.63. The molecule has 2 fully saturated rings. The van der Waals surface area contributed by atoms with Crippen LogP contribution < -0.4 is 5.32 Å². The largest absolute Gasteiger partial charge is 0.379 e. The van der Waals surface area contributed by atoms with Crippen molar-refractivity contribution in [2.24, 2.45) is 0 Å². The van der Waals surface area contributed by atoms with Gasteiger partial charge in [0.25, 0.3) is 0 Å². The van der Waals surface area contributed by atoms with Crippen molar-refractivity contribution in [2.45, 2.75) is 19.1 Å². The van der Waals surface area contributed by atoms with Crippen LogP contribution in [0.1, 0.15) is 18.7 Å². The fourth-order valence-electron chi connectivity index (χ4n) is 2.79. The number of amides is 1. The molecule has 2 unspecified atom stereocenters. The summed E-state index contributed by atoms with van der Waals surface area (Å²) >= 11 is 1.67. The highest BCUT2D eigenvalue weighted by atomic mass is 32.1. The lowest BCUT2D eigenvalue weighted by atomic mass is 10.2. The van der Waals surface area contributed by atoms with E-state index in [-0.39, 0.29) is 18.1 Å². The van der Waals surface area contributed by atoms with Crippen LogP contribution >= 0.6 is 11.3 Å². The van der Waals surface area contributed by atoms with Crippen LogP contribution in [0.15, 0.2) is 16.8 Å². The molecule has 0 saturated carbocycles. The van der Waals surface area contributed by atoms with Crippen LogP contribution in [0.4, 0.5) is 0 Å². The van der Waals surface area contributed by atoms with E-state index < -0.39 is 0 Å². The van der Waals surface area contributed by atoms with Gasteiger partial charge in [0.05, 0.1) is 19.3 Å². The topological polar surface area (TPSA) is 44.8 Å². The summed E-state index contributed by atoms with van der Waals surface area (Å²) in [6, 6.07) is 2.00. The molecule has 1 aromatic heterocycles. The fourth-order valence-corrected chi connectivity index (χ4v) is 3.47. The normalized spacial score (nSPS) is 28.2. The first kappa shape index (κ1) is 14.0. The Bertz CT molecular complexity index is 445. The molecule has 2 saturated heterocycles. The molecule has 110 valence electrons. The summed E-state index contributed by atoms with van der Waals surface area (Å²) in [5.41, 5.74) is 1.19. The minimum atomic E-state index is -0.0930. The summed E-state index contributed by atoms with van der Waals surface area (Å²) < 4.78 is 5.36. The van der Waals surface area contributed by atoms with E-state index in [1.54, 1.807) is 11.3 Å². The van der Waals surface area contributed by atoms with Crippen LogP contribution in [0.25, 0.3) is 0 Å². The van der Waals surface area contributed by atoms with Crippen molar-refractivity contribution in [3.05, 3.63) is 22.4 Å². The van der Waals surface area contributed by atoms with Gasteiger partial charge in [-0.1, -0.05) is 0 Å². The maximum absolute atomic E-state index is 12.3. The van der Waals surface area contributed by atoms with E-state index in [0.29, 0.717) is 0 Å². The molecule has 5 nitrogen and oxygen atoms in total. The molecule has 0 bridgehead atoms. The van der Waals surface area contributed by atoms with Gasteiger partial charge in [-0.3, -0.25) is 15.0 Å². The first-order valence-electron chi connectivity index (χ1n) is 7.14. The Morgan fingerprint density at radius 3 is 2.90 bits per heavy atom. The molecular weight excluding hydrogens is 274 g/mol. The Hall–Kier alpha value is -0.950. The first-order chi connectivity index (χ1) is 9.75. The van der Waals surface area contributed by atoms with E-state index in [0.717, 1.165) is 39.4 Å². The monoisotopic (exact) mass is 295 g/mol. The van der Waals surface area contributed by atoms with Crippen LogP contribution in [-0.2, 0) is 9.53 Å². The highest BCUT2D eigenvalue weighted by Crippen LogP contribution is 2.26. The second kappa shape index (κ2) is 6.22. The smallest absolute Gasteiger partial charge is 0.241 e. The third-order valence-electron chi connectivity index (χ3n) is 3.99. The molecular formula is C14H21N3O2S. The van der Waals surface area contributed by atoms with E-state index in [4.69, 9.17) is 4.74 Å². The lowest BCUT2D eigenvalue weighted by Crippen LogP contribution is -2.43. The van der Waals surface area contributed by atoms with Crippen LogP contribution in [0.3, 0.4) is 0 Å². The zero-order valence-electron chi connectivity index (χ0n) is 11.7. The molecule has 1 N–H and O–H groups in total. The number of hydrogen-bond donors (Lipinski definition) is 1. The van der Waals surface area contributed by atoms with Crippen LogP contribution in [-0.4, -0.2) is 61.1 Å². The van der Waals surface area contributed by atoms with Crippen molar-refractivity contribution in [1.82, 2.24) is 15.1 Å². The van der Waals surface area contributed by atoms with E-state index >= 15 is 0 Å². The fraction of sp³-hybridized carbons (Fsp3) is 0.643. The second-order valence-electron chi connectivity index (χ2n) is 5.33. The highest BCUT2D eigenvalue weighted by molar-refractivity contribution is 7.07. The van der Waals surface area contributed by atoms with Gasteiger partial charge in [0, 0.05) is 26.2 Å². The molecule has 0 spiro atoms. The maximum atomic E-state index is 12.3. The zero-order chi connectivity index (χ0) is 13.9. The van der Waals surface area contributed by atoms with Crippen LogP contribution in [0.2, 0.25) is 0 Å². The molecule has 2 aliphatic heterocycles. The van der Waals surface area contributed by atoms with Crippen molar-refractivity contribution < 1.29 is 9.53 Å². The average Bonchev–Trinajstić information content (AvgIpc) is 3.08. The predicted molar refractivity (Wildman–Crippen MR) is 78.6 cm³/mol. The number of ether oxygens (including phenoxy) is 1. The summed E-state index contributed by atoms with van der Waals surface area (Å²) in [6.07, 6.45) is 0.0322. The average molecular weight is 295 g/mol. The van der Waals surface area contributed by atoms with Crippen molar-refractivity contribution in [3.8, 4) is 0 Å². The molecule has 20 heavy (non-hydrogen) atoms. The number of nitrogens with one attached hydrogen (secondary N) is 1. The molecule has 1 amide bonds. The maximum Gasteiger partial charge on any atom is 0.241 e. The van der Waals surface area contributed by atoms with Gasteiger partial charge in [0.1, 0.15) is 6.17 Å². The lowest BCUT2D eigenvalue weighted by molar-refractivity contribution is -0.130. The number of carbonyl (C=O) groups excluding carboxylic acids is 1. The molecule has 3 rings (SSSR count). The molecule has 2 atom stereocenters. The first-order valence-corrected chi connectivity index (χ1v) is 8.09. The zero-order valence-corrected chi connectivity index (χ0v) is 12.6. The number of nitrogens with zero attached hydrogens (tertiary/aromatic N) is 2. The number of morpholine rings is 1. The molecule has 3 heterocycles. The summed E-state index contributed by atoms with van der Waals surface area (Å²) in [5, 5.41) is 7.56. The van der Waals surface area contributed by atoms with Gasteiger partial charge in [0.15, 0.2) is 0 Å². The van der Waals surface area contributed by atoms with Gasteiger partial charge in [-0.15, -0.1) is 0 Å². The van der Waals surface area contributed by atoms with Gasteiger partial charge >= 0.3 is 0 Å². The SMILES string of the molecule is CC1NC(c2ccsc2)N(CCN2CCOCC2)C1=O. The van der Waals surface area contributed by atoms with Gasteiger partial charge in [0.2, 0.25) is 5.91 Å². The minimum Gasteiger partial charge on any atom is -0.379 e. The molecule has 6 heteroatoms. The number of carbonyl (C=O) groups is 1. The Morgan fingerprint density at radius 1 is 1.40 bits per heavy atom. The van der Waals surface area contributed by atoms with E-state index in [1.165, 1.54) is 5.56 Å². The summed E-state index contributed by atoms with van der Waals surface area (Å²) in [7, 11) is 0.